The predicted octanol–water partition coefficient (Wildman–Crippen LogP) is 2.83. The Morgan fingerprint density at radius 1 is 1.22 bits per heavy atom. The summed E-state index contributed by atoms with van der Waals surface area (Å²) in [5, 5.41) is 3.21. The lowest BCUT2D eigenvalue weighted by atomic mass is 10.1. The van der Waals surface area contributed by atoms with Crippen molar-refractivity contribution in [1.29, 1.82) is 0 Å². The molecule has 1 amide bonds. The van der Waals surface area contributed by atoms with Crippen LogP contribution in [0.5, 0.6) is 11.5 Å². The van der Waals surface area contributed by atoms with Gasteiger partial charge in [0.1, 0.15) is 11.6 Å². The molecule has 4 rings (SSSR count). The Balaban J connectivity index is 1.47. The fraction of sp³-hybridized carbons (Fsp3) is 0.304. The molecule has 1 atom stereocenters. The summed E-state index contributed by atoms with van der Waals surface area (Å²) in [4.78, 5) is 26.6. The number of anilines is 2. The first-order valence-corrected chi connectivity index (χ1v) is 10.4. The number of nitrogens with two attached hydrogens (primary N) is 1. The van der Waals surface area contributed by atoms with Crippen molar-refractivity contribution in [3.63, 3.8) is 0 Å². The summed E-state index contributed by atoms with van der Waals surface area (Å²) in [5.41, 5.74) is 7.28. The number of carbonyl (C=O) groups excluding carboxylic acids is 1. The quantitative estimate of drug-likeness (QED) is 0.528. The molecule has 1 aliphatic heterocycles. The molecule has 1 saturated heterocycles. The Morgan fingerprint density at radius 2 is 2.12 bits per heavy atom. The molecule has 1 aliphatic rings. The van der Waals surface area contributed by atoms with Crippen molar-refractivity contribution in [2.75, 3.05) is 25.6 Å². The number of pyridine rings is 1. The molecule has 166 valence electrons. The van der Waals surface area contributed by atoms with Crippen LogP contribution in [0.25, 0.3) is 0 Å². The third-order valence-corrected chi connectivity index (χ3v) is 5.28. The van der Waals surface area contributed by atoms with Crippen LogP contribution in [0.1, 0.15) is 30.1 Å². The van der Waals surface area contributed by atoms with Crippen LogP contribution in [0.3, 0.4) is 0 Å². The number of benzene rings is 1. The molecule has 3 heterocycles. The molecule has 0 unspecified atom stereocenters. The summed E-state index contributed by atoms with van der Waals surface area (Å²) in [6, 6.07) is 11.9. The van der Waals surface area contributed by atoms with Crippen LogP contribution in [-0.2, 0) is 11.3 Å². The van der Waals surface area contributed by atoms with E-state index in [9.17, 15) is 4.79 Å². The van der Waals surface area contributed by atoms with Crippen molar-refractivity contribution < 1.29 is 14.3 Å². The number of nitrogens with one attached hydrogen (secondary N) is 1. The van der Waals surface area contributed by atoms with E-state index in [1.165, 1.54) is 0 Å². The van der Waals surface area contributed by atoms with Crippen LogP contribution in [-0.4, -0.2) is 46.0 Å². The summed E-state index contributed by atoms with van der Waals surface area (Å²) in [6.45, 7) is 1.55. The van der Waals surface area contributed by atoms with Gasteiger partial charge in [-0.15, -0.1) is 0 Å². The van der Waals surface area contributed by atoms with Gasteiger partial charge in [-0.05, 0) is 49.2 Å². The number of carbonyl (C=O) groups is 1. The average molecular weight is 435 g/mol. The molecular formula is C23H26N6O3. The first kappa shape index (κ1) is 21.5. The normalized spacial score (nSPS) is 16.0. The second-order valence-corrected chi connectivity index (χ2v) is 7.53. The molecule has 1 aromatic carbocycles. The van der Waals surface area contributed by atoms with E-state index >= 15 is 0 Å². The molecule has 0 bridgehead atoms. The lowest BCUT2D eigenvalue weighted by Gasteiger charge is -2.25. The van der Waals surface area contributed by atoms with Gasteiger partial charge in [0.15, 0.2) is 18.1 Å². The highest BCUT2D eigenvalue weighted by Crippen LogP contribution is 2.34. The number of hydrogen-bond acceptors (Lipinski definition) is 8. The van der Waals surface area contributed by atoms with E-state index < -0.39 is 5.91 Å². The van der Waals surface area contributed by atoms with Gasteiger partial charge in [0.05, 0.1) is 25.0 Å². The maximum absolute atomic E-state index is 11.0. The Kier molecular flexibility index (Phi) is 6.76. The predicted molar refractivity (Wildman–Crippen MR) is 120 cm³/mol. The van der Waals surface area contributed by atoms with Crippen molar-refractivity contribution in [2.24, 2.45) is 5.73 Å². The summed E-state index contributed by atoms with van der Waals surface area (Å²) in [5.74, 6) is 1.95. The Morgan fingerprint density at radius 3 is 2.91 bits per heavy atom. The molecular weight excluding hydrogens is 408 g/mol. The van der Waals surface area contributed by atoms with E-state index in [1.54, 1.807) is 25.7 Å². The van der Waals surface area contributed by atoms with Gasteiger partial charge in [-0.1, -0.05) is 12.1 Å². The number of ether oxygens (including phenoxy) is 2. The van der Waals surface area contributed by atoms with Crippen LogP contribution < -0.4 is 20.5 Å². The van der Waals surface area contributed by atoms with Gasteiger partial charge in [-0.25, -0.2) is 9.97 Å². The molecule has 9 heteroatoms. The van der Waals surface area contributed by atoms with Crippen molar-refractivity contribution in [1.82, 2.24) is 19.9 Å². The molecule has 0 aliphatic carbocycles. The number of rotatable bonds is 9. The third-order valence-electron chi connectivity index (χ3n) is 5.28. The van der Waals surface area contributed by atoms with E-state index in [4.69, 9.17) is 20.2 Å². The number of nitrogens with zero attached hydrogens (tertiary/aromatic N) is 4. The van der Waals surface area contributed by atoms with Gasteiger partial charge in [-0.2, -0.15) is 0 Å². The molecule has 3 N–H and O–H groups in total. The highest BCUT2D eigenvalue weighted by Gasteiger charge is 2.27. The van der Waals surface area contributed by atoms with Crippen LogP contribution in [0.4, 0.5) is 11.6 Å². The minimum atomic E-state index is -0.528. The Hall–Kier alpha value is -3.72. The number of hydrogen-bond donors (Lipinski definition) is 2. The largest absolute Gasteiger partial charge is 0.493 e. The standard InChI is InChI=1S/C23H26N6O3/c1-31-20-12-16(7-8-19(20)32-15-21(24)30)14-29-11-3-5-18(29)17-4-2-6-22(27-17)28-23-13-25-9-10-26-23/h2,4,6-10,12-13,18H,3,5,11,14-15H2,1H3,(H2,24,30)(H,26,27,28)/t18-/m0/s1. The van der Waals surface area contributed by atoms with Gasteiger partial charge >= 0.3 is 0 Å². The minimum absolute atomic E-state index is 0.186. The van der Waals surface area contributed by atoms with Gasteiger partial charge in [0.2, 0.25) is 0 Å². The number of primary amides is 1. The SMILES string of the molecule is COc1cc(CN2CCC[C@H]2c2cccc(Nc3cnccn3)n2)ccc1OCC(N)=O. The van der Waals surface area contributed by atoms with Crippen LogP contribution in [0, 0.1) is 0 Å². The van der Waals surface area contributed by atoms with E-state index in [0.717, 1.165) is 43.0 Å². The smallest absolute Gasteiger partial charge is 0.255 e. The first-order chi connectivity index (χ1) is 15.6. The second-order valence-electron chi connectivity index (χ2n) is 7.53. The summed E-state index contributed by atoms with van der Waals surface area (Å²) in [6.07, 6.45) is 7.09. The third kappa shape index (κ3) is 5.30. The van der Waals surface area contributed by atoms with Gasteiger partial charge in [-0.3, -0.25) is 14.7 Å². The number of methoxy groups -OCH3 is 1. The Bertz CT molecular complexity index is 1060. The lowest BCUT2D eigenvalue weighted by molar-refractivity contribution is -0.119. The molecule has 32 heavy (non-hydrogen) atoms. The number of aromatic nitrogens is 3. The fourth-order valence-electron chi connectivity index (χ4n) is 3.86. The highest BCUT2D eigenvalue weighted by molar-refractivity contribution is 5.75. The maximum atomic E-state index is 11.0. The summed E-state index contributed by atoms with van der Waals surface area (Å²) < 4.78 is 10.9. The average Bonchev–Trinajstić information content (AvgIpc) is 3.27. The molecule has 1 fully saturated rings. The van der Waals surface area contributed by atoms with E-state index in [1.807, 2.05) is 30.3 Å². The van der Waals surface area contributed by atoms with E-state index in [2.05, 4.69) is 26.3 Å². The number of amides is 1. The molecule has 0 saturated carbocycles. The van der Waals surface area contributed by atoms with Crippen LogP contribution in [0.2, 0.25) is 0 Å². The van der Waals surface area contributed by atoms with Crippen molar-refractivity contribution in [3.05, 3.63) is 66.2 Å². The second kappa shape index (κ2) is 10.1. The van der Waals surface area contributed by atoms with E-state index in [-0.39, 0.29) is 12.6 Å². The fourth-order valence-corrected chi connectivity index (χ4v) is 3.86. The lowest BCUT2D eigenvalue weighted by Crippen LogP contribution is -2.23. The van der Waals surface area contributed by atoms with Crippen LogP contribution in [0.15, 0.2) is 55.0 Å². The van der Waals surface area contributed by atoms with E-state index in [0.29, 0.717) is 17.3 Å². The molecule has 0 radical (unpaired) electrons. The maximum Gasteiger partial charge on any atom is 0.255 e. The Labute approximate surface area is 186 Å². The molecule has 2 aromatic heterocycles. The topological polar surface area (TPSA) is 115 Å². The minimum Gasteiger partial charge on any atom is -0.493 e. The molecule has 9 nitrogen and oxygen atoms in total. The zero-order chi connectivity index (χ0) is 22.3. The summed E-state index contributed by atoms with van der Waals surface area (Å²) in [7, 11) is 1.58. The van der Waals surface area contributed by atoms with Gasteiger partial charge < -0.3 is 20.5 Å². The van der Waals surface area contributed by atoms with Gasteiger partial charge in [0.25, 0.3) is 5.91 Å². The highest BCUT2D eigenvalue weighted by atomic mass is 16.5. The van der Waals surface area contributed by atoms with Crippen LogP contribution >= 0.6 is 0 Å². The molecule has 0 spiro atoms. The van der Waals surface area contributed by atoms with Crippen molar-refractivity contribution in [3.8, 4) is 11.5 Å². The van der Waals surface area contributed by atoms with Crippen molar-refractivity contribution in [2.45, 2.75) is 25.4 Å². The summed E-state index contributed by atoms with van der Waals surface area (Å²) >= 11 is 0. The molecule has 3 aromatic rings. The number of likely N-dealkylation sites (tertiary alicyclic amines) is 1. The first-order valence-electron chi connectivity index (χ1n) is 10.4. The van der Waals surface area contributed by atoms with Crippen molar-refractivity contribution >= 4 is 17.5 Å². The monoisotopic (exact) mass is 434 g/mol. The van der Waals surface area contributed by atoms with Gasteiger partial charge in [0, 0.05) is 18.9 Å². The zero-order valence-corrected chi connectivity index (χ0v) is 17.9. The zero-order valence-electron chi connectivity index (χ0n) is 17.9.